The Kier molecular flexibility index (Phi) is 7.91. The van der Waals surface area contributed by atoms with Crippen LogP contribution >= 0.6 is 0 Å². The first-order valence-electron chi connectivity index (χ1n) is 10.3. The number of ether oxygens (including phenoxy) is 2. The third-order valence-electron chi connectivity index (χ3n) is 4.86. The maximum absolute atomic E-state index is 5.91. The Morgan fingerprint density at radius 3 is 2.34 bits per heavy atom. The summed E-state index contributed by atoms with van der Waals surface area (Å²) in [6.07, 6.45) is 3.25. The fourth-order valence-corrected chi connectivity index (χ4v) is 3.29. The molecule has 0 saturated heterocycles. The SMILES string of the molecule is CCn1cc(COCCCN(C)C)cc1-c1ccc(OCc2ccccc2)cc1. The lowest BCUT2D eigenvalue weighted by Gasteiger charge is -2.09. The van der Waals surface area contributed by atoms with Gasteiger partial charge in [0.25, 0.3) is 0 Å². The van der Waals surface area contributed by atoms with Crippen molar-refractivity contribution in [3.8, 4) is 17.0 Å². The van der Waals surface area contributed by atoms with E-state index >= 15 is 0 Å². The number of hydrogen-bond donors (Lipinski definition) is 0. The van der Waals surface area contributed by atoms with E-state index in [1.165, 1.54) is 22.4 Å². The van der Waals surface area contributed by atoms with E-state index in [4.69, 9.17) is 9.47 Å². The normalized spacial score (nSPS) is 11.2. The fraction of sp³-hybridized carbons (Fsp3) is 0.360. The minimum Gasteiger partial charge on any atom is -0.489 e. The maximum Gasteiger partial charge on any atom is 0.119 e. The van der Waals surface area contributed by atoms with Gasteiger partial charge in [-0.1, -0.05) is 30.3 Å². The summed E-state index contributed by atoms with van der Waals surface area (Å²) in [5.41, 5.74) is 4.80. The molecule has 0 saturated carbocycles. The highest BCUT2D eigenvalue weighted by Gasteiger charge is 2.08. The first-order valence-corrected chi connectivity index (χ1v) is 10.3. The van der Waals surface area contributed by atoms with Gasteiger partial charge in [-0.05, 0) is 81.0 Å². The summed E-state index contributed by atoms with van der Waals surface area (Å²) in [7, 11) is 4.18. The highest BCUT2D eigenvalue weighted by molar-refractivity contribution is 5.62. The van der Waals surface area contributed by atoms with Crippen LogP contribution in [0.4, 0.5) is 0 Å². The third-order valence-corrected chi connectivity index (χ3v) is 4.86. The Bertz CT molecular complexity index is 854. The van der Waals surface area contributed by atoms with Gasteiger partial charge in [-0.15, -0.1) is 0 Å². The summed E-state index contributed by atoms with van der Waals surface area (Å²) in [6.45, 7) is 6.19. The topological polar surface area (TPSA) is 26.6 Å². The van der Waals surface area contributed by atoms with Crippen LogP contribution in [0.25, 0.3) is 11.3 Å². The van der Waals surface area contributed by atoms with Crippen LogP contribution in [-0.2, 0) is 24.5 Å². The Morgan fingerprint density at radius 2 is 1.66 bits per heavy atom. The van der Waals surface area contributed by atoms with E-state index in [1.807, 2.05) is 30.3 Å². The lowest BCUT2D eigenvalue weighted by molar-refractivity contribution is 0.113. The summed E-state index contributed by atoms with van der Waals surface area (Å²) in [5, 5.41) is 0. The molecule has 3 aromatic rings. The van der Waals surface area contributed by atoms with Crippen LogP contribution < -0.4 is 4.74 Å². The molecule has 0 unspecified atom stereocenters. The number of benzene rings is 2. The van der Waals surface area contributed by atoms with Gasteiger partial charge < -0.3 is 18.9 Å². The largest absolute Gasteiger partial charge is 0.489 e. The highest BCUT2D eigenvalue weighted by atomic mass is 16.5. The first kappa shape index (κ1) is 21.2. The second kappa shape index (κ2) is 10.8. The molecule has 154 valence electrons. The summed E-state index contributed by atoms with van der Waals surface area (Å²) < 4.78 is 14.0. The van der Waals surface area contributed by atoms with Crippen LogP contribution in [0.5, 0.6) is 5.75 Å². The molecular formula is C25H32N2O2. The van der Waals surface area contributed by atoms with Crippen LogP contribution in [0.3, 0.4) is 0 Å². The van der Waals surface area contributed by atoms with Gasteiger partial charge in [-0.2, -0.15) is 0 Å². The lowest BCUT2D eigenvalue weighted by atomic mass is 10.1. The van der Waals surface area contributed by atoms with Gasteiger partial charge in [-0.25, -0.2) is 0 Å². The molecule has 0 N–H and O–H groups in total. The van der Waals surface area contributed by atoms with Crippen LogP contribution in [0, 0.1) is 0 Å². The molecule has 4 heteroatoms. The van der Waals surface area contributed by atoms with Gasteiger partial charge in [0.15, 0.2) is 0 Å². The van der Waals surface area contributed by atoms with Gasteiger partial charge in [0, 0.05) is 25.0 Å². The summed E-state index contributed by atoms with van der Waals surface area (Å²) in [5.74, 6) is 0.886. The Balaban J connectivity index is 1.58. The zero-order valence-electron chi connectivity index (χ0n) is 17.8. The zero-order chi connectivity index (χ0) is 20.5. The molecule has 29 heavy (non-hydrogen) atoms. The number of aromatic nitrogens is 1. The van der Waals surface area contributed by atoms with Crippen molar-refractivity contribution in [2.75, 3.05) is 27.2 Å². The fourth-order valence-electron chi connectivity index (χ4n) is 3.29. The molecule has 0 aliphatic carbocycles. The molecule has 0 radical (unpaired) electrons. The predicted octanol–water partition coefficient (Wildman–Crippen LogP) is 5.22. The molecule has 0 aliphatic rings. The van der Waals surface area contributed by atoms with E-state index in [0.29, 0.717) is 13.2 Å². The quantitative estimate of drug-likeness (QED) is 0.419. The number of hydrogen-bond acceptors (Lipinski definition) is 3. The highest BCUT2D eigenvalue weighted by Crippen LogP contribution is 2.25. The smallest absolute Gasteiger partial charge is 0.119 e. The van der Waals surface area contributed by atoms with E-state index in [9.17, 15) is 0 Å². The van der Waals surface area contributed by atoms with Crippen molar-refractivity contribution in [3.05, 3.63) is 78.0 Å². The van der Waals surface area contributed by atoms with Gasteiger partial charge in [0.05, 0.1) is 6.61 Å². The first-order chi connectivity index (χ1) is 14.2. The monoisotopic (exact) mass is 392 g/mol. The molecule has 1 aromatic heterocycles. The molecule has 0 amide bonds. The second-order valence-corrected chi connectivity index (χ2v) is 7.53. The molecule has 0 spiro atoms. The van der Waals surface area contributed by atoms with Gasteiger partial charge in [0.1, 0.15) is 12.4 Å². The molecular weight excluding hydrogens is 360 g/mol. The van der Waals surface area contributed by atoms with E-state index in [0.717, 1.165) is 31.9 Å². The number of aryl methyl sites for hydroxylation is 1. The van der Waals surface area contributed by atoms with Gasteiger partial charge in [-0.3, -0.25) is 0 Å². The van der Waals surface area contributed by atoms with E-state index in [1.54, 1.807) is 0 Å². The van der Waals surface area contributed by atoms with Crippen molar-refractivity contribution in [3.63, 3.8) is 0 Å². The van der Waals surface area contributed by atoms with Gasteiger partial charge in [0.2, 0.25) is 0 Å². The minimum absolute atomic E-state index is 0.584. The Hall–Kier alpha value is -2.56. The second-order valence-electron chi connectivity index (χ2n) is 7.53. The standard InChI is InChI=1S/C25H32N2O2/c1-4-27-18-22(19-28-16-8-15-26(2)3)17-25(27)23-11-13-24(14-12-23)29-20-21-9-6-5-7-10-21/h5-7,9-14,17-18H,4,8,15-16,19-20H2,1-3H3. The number of rotatable bonds is 11. The summed E-state index contributed by atoms with van der Waals surface area (Å²) in [6, 6.07) is 20.8. The molecule has 0 atom stereocenters. The zero-order valence-corrected chi connectivity index (χ0v) is 17.8. The van der Waals surface area contributed by atoms with Gasteiger partial charge >= 0.3 is 0 Å². The average molecular weight is 393 g/mol. The average Bonchev–Trinajstić information content (AvgIpc) is 3.16. The van der Waals surface area contributed by atoms with E-state index in [-0.39, 0.29) is 0 Å². The molecule has 0 fully saturated rings. The van der Waals surface area contributed by atoms with Crippen molar-refractivity contribution in [2.24, 2.45) is 0 Å². The predicted molar refractivity (Wildman–Crippen MR) is 119 cm³/mol. The lowest BCUT2D eigenvalue weighted by Crippen LogP contribution is -2.14. The molecule has 4 nitrogen and oxygen atoms in total. The van der Waals surface area contributed by atoms with Crippen molar-refractivity contribution >= 4 is 0 Å². The number of nitrogens with zero attached hydrogens (tertiary/aromatic N) is 2. The van der Waals surface area contributed by atoms with Crippen molar-refractivity contribution in [1.82, 2.24) is 9.47 Å². The molecule has 1 heterocycles. The summed E-state index contributed by atoms with van der Waals surface area (Å²) >= 11 is 0. The minimum atomic E-state index is 0.584. The Labute approximate surface area is 174 Å². The van der Waals surface area contributed by atoms with Crippen LogP contribution in [0.2, 0.25) is 0 Å². The van der Waals surface area contributed by atoms with E-state index in [2.05, 4.69) is 67.0 Å². The molecule has 2 aromatic carbocycles. The van der Waals surface area contributed by atoms with Crippen LogP contribution in [-0.4, -0.2) is 36.7 Å². The molecule has 0 aliphatic heterocycles. The van der Waals surface area contributed by atoms with Crippen molar-refractivity contribution in [1.29, 1.82) is 0 Å². The molecule has 0 bridgehead atoms. The summed E-state index contributed by atoms with van der Waals surface area (Å²) in [4.78, 5) is 2.18. The van der Waals surface area contributed by atoms with Crippen molar-refractivity contribution < 1.29 is 9.47 Å². The Morgan fingerprint density at radius 1 is 0.897 bits per heavy atom. The van der Waals surface area contributed by atoms with Crippen LogP contribution in [0.15, 0.2) is 66.9 Å². The maximum atomic E-state index is 5.91. The van der Waals surface area contributed by atoms with E-state index < -0.39 is 0 Å². The van der Waals surface area contributed by atoms with Crippen molar-refractivity contribution in [2.45, 2.75) is 33.1 Å². The third kappa shape index (κ3) is 6.48. The molecule has 3 rings (SSSR count). The van der Waals surface area contributed by atoms with Crippen LogP contribution in [0.1, 0.15) is 24.5 Å².